The molecule has 0 radical (unpaired) electrons. The Hall–Kier alpha value is -0.437. The molecule has 0 fully saturated rings. The maximum atomic E-state index is 10.9. The summed E-state index contributed by atoms with van der Waals surface area (Å²) < 4.78 is 0. The van der Waals surface area contributed by atoms with Gasteiger partial charge in [0.05, 0.1) is 0 Å². The first-order valence-corrected chi connectivity index (χ1v) is 9.68. The number of aliphatic carboxylic acids is 2. The largest absolute Gasteiger partial charge is 2.00 e. The number of hydrogen-bond acceptors (Lipinski definition) is 4. The fourth-order valence-corrected chi connectivity index (χ4v) is 3.02. The summed E-state index contributed by atoms with van der Waals surface area (Å²) in [6, 6.07) is 0. The topological polar surface area (TPSA) is 80.3 Å². The fourth-order valence-electron chi connectivity index (χ4n) is 3.02. The van der Waals surface area contributed by atoms with Gasteiger partial charge in [-0.25, -0.2) is 0 Å². The number of rotatable bonds is 12. The first-order valence-electron chi connectivity index (χ1n) is 9.68. The molecule has 0 saturated heterocycles. The molecule has 0 unspecified atom stereocenters. The molecule has 4 nitrogen and oxygen atoms in total. The smallest absolute Gasteiger partial charge is 0.550 e. The second kappa shape index (κ2) is 15.8. The van der Waals surface area contributed by atoms with Crippen LogP contribution in [0.25, 0.3) is 0 Å². The molecule has 0 aliphatic carbocycles. The molecular weight excluding hydrogens is 370 g/mol. The van der Waals surface area contributed by atoms with Gasteiger partial charge in [-0.15, -0.1) is 0 Å². The van der Waals surface area contributed by atoms with Crippen molar-refractivity contribution in [1.82, 2.24) is 0 Å². The Morgan fingerprint density at radius 1 is 0.640 bits per heavy atom. The number of carbonyl (C=O) groups excluding carboxylic acids is 2. The van der Waals surface area contributed by atoms with Gasteiger partial charge in [0.25, 0.3) is 0 Å². The SMILES string of the molecule is CCCCC(CC)(CC)C(=O)[O-].CCCCC(CC)(CC)C(=O)[O-].[Zn+2]. The van der Waals surface area contributed by atoms with Crippen molar-refractivity contribution < 1.29 is 39.3 Å². The Labute approximate surface area is 167 Å². The Balaban J connectivity index is -0.000000372. The number of carboxylic acids is 2. The molecule has 0 bridgehead atoms. The number of unbranched alkanes of at least 4 members (excludes halogenated alkanes) is 2. The Bertz CT molecular complexity index is 314. The van der Waals surface area contributed by atoms with Gasteiger partial charge in [-0.2, -0.15) is 0 Å². The summed E-state index contributed by atoms with van der Waals surface area (Å²) in [5.41, 5.74) is -1.12. The van der Waals surface area contributed by atoms with Crippen molar-refractivity contribution >= 4 is 11.9 Å². The van der Waals surface area contributed by atoms with Gasteiger partial charge in [-0.05, 0) is 38.5 Å². The molecule has 25 heavy (non-hydrogen) atoms. The molecule has 0 saturated carbocycles. The first-order chi connectivity index (χ1) is 11.3. The van der Waals surface area contributed by atoms with Crippen LogP contribution in [0.1, 0.15) is 106 Å². The van der Waals surface area contributed by atoms with Crippen molar-refractivity contribution in [1.29, 1.82) is 0 Å². The van der Waals surface area contributed by atoms with Gasteiger partial charge in [0.2, 0.25) is 0 Å². The van der Waals surface area contributed by atoms with Crippen molar-refractivity contribution in [3.63, 3.8) is 0 Å². The van der Waals surface area contributed by atoms with Crippen LogP contribution in [0.2, 0.25) is 0 Å². The number of carbonyl (C=O) groups is 2. The van der Waals surface area contributed by atoms with Gasteiger partial charge >= 0.3 is 19.5 Å². The number of carboxylic acid groups (broad SMARTS) is 2. The monoisotopic (exact) mass is 406 g/mol. The quantitative estimate of drug-likeness (QED) is 0.464. The second-order valence-corrected chi connectivity index (χ2v) is 6.76. The third-order valence-electron chi connectivity index (χ3n) is 5.59. The normalized spacial score (nSPS) is 11.1. The summed E-state index contributed by atoms with van der Waals surface area (Å²) in [5, 5.41) is 21.8. The zero-order valence-corrected chi connectivity index (χ0v) is 20.4. The molecule has 0 aliphatic heterocycles. The average molecular weight is 408 g/mol. The van der Waals surface area contributed by atoms with Crippen LogP contribution in [-0.4, -0.2) is 11.9 Å². The Kier molecular flexibility index (Phi) is 18.5. The molecular formula is C20H38O4Zn. The predicted octanol–water partition coefficient (Wildman–Crippen LogP) is 3.46. The maximum absolute atomic E-state index is 10.9. The van der Waals surface area contributed by atoms with Crippen molar-refractivity contribution in [3.8, 4) is 0 Å². The van der Waals surface area contributed by atoms with Gasteiger partial charge < -0.3 is 19.8 Å². The molecule has 0 amide bonds. The molecule has 0 rings (SSSR count). The van der Waals surface area contributed by atoms with E-state index < -0.39 is 22.8 Å². The fraction of sp³-hybridized carbons (Fsp3) is 0.900. The van der Waals surface area contributed by atoms with E-state index in [0.717, 1.165) is 38.5 Å². The Morgan fingerprint density at radius 2 is 0.880 bits per heavy atom. The van der Waals surface area contributed by atoms with Crippen molar-refractivity contribution in [2.75, 3.05) is 0 Å². The molecule has 5 heteroatoms. The minimum Gasteiger partial charge on any atom is -0.550 e. The van der Waals surface area contributed by atoms with E-state index in [1.165, 1.54) is 0 Å². The van der Waals surface area contributed by atoms with E-state index in [2.05, 4.69) is 13.8 Å². The maximum Gasteiger partial charge on any atom is 2.00 e. The van der Waals surface area contributed by atoms with E-state index in [1.54, 1.807) is 0 Å². The summed E-state index contributed by atoms with van der Waals surface area (Å²) in [5.74, 6) is -1.75. The molecule has 0 aromatic heterocycles. The van der Waals surface area contributed by atoms with Gasteiger partial charge in [-0.3, -0.25) is 0 Å². The molecule has 0 heterocycles. The van der Waals surface area contributed by atoms with Crippen LogP contribution in [0.4, 0.5) is 0 Å². The van der Waals surface area contributed by atoms with Crippen LogP contribution < -0.4 is 10.2 Å². The second-order valence-electron chi connectivity index (χ2n) is 6.76. The zero-order chi connectivity index (χ0) is 19.2. The molecule has 0 aromatic rings. The summed E-state index contributed by atoms with van der Waals surface area (Å²) in [7, 11) is 0. The number of hydrogen-bond donors (Lipinski definition) is 0. The van der Waals surface area contributed by atoms with E-state index in [9.17, 15) is 19.8 Å². The van der Waals surface area contributed by atoms with Gasteiger partial charge in [-0.1, -0.05) is 67.2 Å². The minimum absolute atomic E-state index is 0. The zero-order valence-electron chi connectivity index (χ0n) is 17.4. The molecule has 0 aliphatic rings. The molecule has 0 atom stereocenters. The molecule has 0 spiro atoms. The van der Waals surface area contributed by atoms with Crippen LogP contribution in [-0.2, 0) is 29.1 Å². The van der Waals surface area contributed by atoms with E-state index in [-0.39, 0.29) is 19.5 Å². The van der Waals surface area contributed by atoms with Crippen LogP contribution >= 0.6 is 0 Å². The molecule has 0 aromatic carbocycles. The van der Waals surface area contributed by atoms with Gasteiger partial charge in [0, 0.05) is 22.8 Å². The van der Waals surface area contributed by atoms with Crippen LogP contribution in [0.5, 0.6) is 0 Å². The van der Waals surface area contributed by atoms with Crippen molar-refractivity contribution in [3.05, 3.63) is 0 Å². The average Bonchev–Trinajstić information content (AvgIpc) is 2.58. The van der Waals surface area contributed by atoms with Gasteiger partial charge in [0.15, 0.2) is 0 Å². The Morgan fingerprint density at radius 3 is 1.00 bits per heavy atom. The van der Waals surface area contributed by atoms with E-state index in [1.807, 2.05) is 27.7 Å². The van der Waals surface area contributed by atoms with E-state index in [0.29, 0.717) is 25.7 Å². The first kappa shape index (κ1) is 29.3. The summed E-state index contributed by atoms with van der Waals surface area (Å²) in [4.78, 5) is 21.8. The summed E-state index contributed by atoms with van der Waals surface area (Å²) in [6.45, 7) is 11.9. The minimum atomic E-state index is -0.874. The third kappa shape index (κ3) is 9.73. The van der Waals surface area contributed by atoms with E-state index in [4.69, 9.17) is 0 Å². The van der Waals surface area contributed by atoms with Crippen LogP contribution in [0.15, 0.2) is 0 Å². The summed E-state index contributed by atoms with van der Waals surface area (Å²) in [6.07, 6.45) is 8.34. The van der Waals surface area contributed by atoms with Crippen LogP contribution in [0.3, 0.4) is 0 Å². The standard InChI is InChI=1S/2C10H20O2.Zn/c2*1-4-7-8-10(5-2,6-3)9(11)12;/h2*4-8H2,1-3H3,(H,11,12);/q;;+2/p-2. The molecule has 0 N–H and O–H groups in total. The van der Waals surface area contributed by atoms with Gasteiger partial charge in [0.1, 0.15) is 0 Å². The van der Waals surface area contributed by atoms with Crippen molar-refractivity contribution in [2.45, 2.75) is 106 Å². The predicted molar refractivity (Wildman–Crippen MR) is 95.1 cm³/mol. The molecule has 144 valence electrons. The van der Waals surface area contributed by atoms with Crippen molar-refractivity contribution in [2.24, 2.45) is 10.8 Å². The third-order valence-corrected chi connectivity index (χ3v) is 5.59. The van der Waals surface area contributed by atoms with Crippen LogP contribution in [0, 0.1) is 10.8 Å². The van der Waals surface area contributed by atoms with E-state index >= 15 is 0 Å². The summed E-state index contributed by atoms with van der Waals surface area (Å²) >= 11 is 0.